The molecule has 5 aromatic rings. The summed E-state index contributed by atoms with van der Waals surface area (Å²) in [5.74, 6) is 0.446. The van der Waals surface area contributed by atoms with Crippen LogP contribution in [0.25, 0.3) is 15.9 Å². The second-order valence-electron chi connectivity index (χ2n) is 7.66. The van der Waals surface area contributed by atoms with E-state index in [0.29, 0.717) is 39.0 Å². The SMILES string of the molecule is Cc1ccc(Cn2c(SCc3cc(=O)n4c(C)csc4n3)nc3ccccc3c2=O)cc1. The van der Waals surface area contributed by atoms with Crippen molar-refractivity contribution in [3.63, 3.8) is 0 Å². The highest BCUT2D eigenvalue weighted by atomic mass is 32.2. The van der Waals surface area contributed by atoms with Crippen LogP contribution in [0.1, 0.15) is 22.5 Å². The first-order valence-corrected chi connectivity index (χ1v) is 12.0. The monoisotopic (exact) mass is 460 g/mol. The van der Waals surface area contributed by atoms with Crippen LogP contribution in [0.3, 0.4) is 0 Å². The van der Waals surface area contributed by atoms with Crippen molar-refractivity contribution in [3.05, 3.63) is 103 Å². The van der Waals surface area contributed by atoms with Gasteiger partial charge in [0.1, 0.15) is 0 Å². The van der Waals surface area contributed by atoms with Crippen molar-refractivity contribution in [1.82, 2.24) is 18.9 Å². The van der Waals surface area contributed by atoms with Gasteiger partial charge in [0.05, 0.1) is 23.1 Å². The predicted molar refractivity (Wildman–Crippen MR) is 130 cm³/mol. The van der Waals surface area contributed by atoms with Crippen LogP contribution in [0.4, 0.5) is 0 Å². The molecule has 3 heterocycles. The van der Waals surface area contributed by atoms with Gasteiger partial charge in [-0.05, 0) is 31.5 Å². The van der Waals surface area contributed by atoms with Crippen molar-refractivity contribution < 1.29 is 0 Å². The number of para-hydroxylation sites is 1. The third-order valence-corrected chi connectivity index (χ3v) is 7.22. The molecule has 32 heavy (non-hydrogen) atoms. The van der Waals surface area contributed by atoms with Gasteiger partial charge in [0, 0.05) is 22.9 Å². The fourth-order valence-electron chi connectivity index (χ4n) is 3.59. The van der Waals surface area contributed by atoms with Crippen molar-refractivity contribution in [2.24, 2.45) is 0 Å². The average Bonchev–Trinajstić information content (AvgIpc) is 3.17. The third kappa shape index (κ3) is 3.87. The molecule has 0 atom stereocenters. The third-order valence-electron chi connectivity index (χ3n) is 5.27. The molecule has 0 N–H and O–H groups in total. The molecule has 0 aliphatic carbocycles. The van der Waals surface area contributed by atoms with Crippen LogP contribution < -0.4 is 11.1 Å². The summed E-state index contributed by atoms with van der Waals surface area (Å²) in [6.07, 6.45) is 0. The lowest BCUT2D eigenvalue weighted by atomic mass is 10.1. The normalized spacial score (nSPS) is 11.4. The number of nitrogens with zero attached hydrogens (tertiary/aromatic N) is 4. The molecule has 160 valence electrons. The molecular weight excluding hydrogens is 440 g/mol. The van der Waals surface area contributed by atoms with E-state index in [1.807, 2.05) is 61.7 Å². The Morgan fingerprint density at radius 3 is 2.59 bits per heavy atom. The van der Waals surface area contributed by atoms with Gasteiger partial charge in [-0.2, -0.15) is 0 Å². The van der Waals surface area contributed by atoms with Gasteiger partial charge in [0.2, 0.25) is 0 Å². The number of hydrogen-bond acceptors (Lipinski definition) is 6. The number of fused-ring (bicyclic) bond motifs is 2. The summed E-state index contributed by atoms with van der Waals surface area (Å²) in [5.41, 5.74) is 4.25. The number of aryl methyl sites for hydroxylation is 2. The Kier molecular flexibility index (Phi) is 5.40. The van der Waals surface area contributed by atoms with E-state index in [1.54, 1.807) is 21.1 Å². The standard InChI is InChI=1S/C24H20N4O2S2/c1-15-7-9-17(10-8-15)12-27-22(30)19-5-3-4-6-20(19)26-23(27)32-14-18-11-21(29)28-16(2)13-31-24(28)25-18/h3-11,13H,12,14H2,1-2H3. The fourth-order valence-corrected chi connectivity index (χ4v) is 5.37. The topological polar surface area (TPSA) is 69.3 Å². The molecule has 0 aliphatic heterocycles. The van der Waals surface area contributed by atoms with Gasteiger partial charge >= 0.3 is 0 Å². The summed E-state index contributed by atoms with van der Waals surface area (Å²) in [7, 11) is 0. The van der Waals surface area contributed by atoms with Crippen molar-refractivity contribution >= 4 is 39.0 Å². The summed E-state index contributed by atoms with van der Waals surface area (Å²) < 4.78 is 3.32. The summed E-state index contributed by atoms with van der Waals surface area (Å²) in [5, 5.41) is 3.12. The van der Waals surface area contributed by atoms with E-state index < -0.39 is 0 Å². The number of thiazole rings is 1. The van der Waals surface area contributed by atoms with Gasteiger partial charge in [0.25, 0.3) is 11.1 Å². The Balaban J connectivity index is 1.54. The minimum absolute atomic E-state index is 0.0731. The van der Waals surface area contributed by atoms with E-state index >= 15 is 0 Å². The highest BCUT2D eigenvalue weighted by Crippen LogP contribution is 2.23. The number of aromatic nitrogens is 4. The smallest absolute Gasteiger partial charge is 0.262 e. The maximum Gasteiger partial charge on any atom is 0.262 e. The molecule has 0 aliphatic rings. The molecule has 0 unspecified atom stereocenters. The Morgan fingerprint density at radius 1 is 1.00 bits per heavy atom. The van der Waals surface area contributed by atoms with Gasteiger partial charge in [0.15, 0.2) is 10.1 Å². The molecule has 2 aromatic carbocycles. The van der Waals surface area contributed by atoms with Crippen LogP contribution in [0.5, 0.6) is 0 Å². The number of benzene rings is 2. The van der Waals surface area contributed by atoms with Gasteiger partial charge in [-0.3, -0.25) is 18.6 Å². The van der Waals surface area contributed by atoms with E-state index in [2.05, 4.69) is 4.98 Å². The molecule has 0 amide bonds. The predicted octanol–water partition coefficient (Wildman–Crippen LogP) is 4.42. The molecule has 0 bridgehead atoms. The zero-order valence-electron chi connectivity index (χ0n) is 17.6. The first kappa shape index (κ1) is 20.7. The molecule has 3 aromatic heterocycles. The quantitative estimate of drug-likeness (QED) is 0.287. The Labute approximate surface area is 192 Å². The van der Waals surface area contributed by atoms with Crippen LogP contribution in [-0.2, 0) is 12.3 Å². The van der Waals surface area contributed by atoms with Crippen LogP contribution in [0.2, 0.25) is 0 Å². The maximum absolute atomic E-state index is 13.3. The summed E-state index contributed by atoms with van der Waals surface area (Å²) in [6, 6.07) is 17.1. The van der Waals surface area contributed by atoms with Gasteiger partial charge in [-0.25, -0.2) is 9.97 Å². The summed E-state index contributed by atoms with van der Waals surface area (Å²) in [4.78, 5) is 35.9. The van der Waals surface area contributed by atoms with Gasteiger partial charge in [-0.15, -0.1) is 11.3 Å². The largest absolute Gasteiger partial charge is 0.283 e. The summed E-state index contributed by atoms with van der Waals surface area (Å²) >= 11 is 2.87. The van der Waals surface area contributed by atoms with Crippen LogP contribution in [0.15, 0.2) is 74.7 Å². The number of hydrogen-bond donors (Lipinski definition) is 0. The number of thioether (sulfide) groups is 1. The molecule has 5 rings (SSSR count). The van der Waals surface area contributed by atoms with Crippen LogP contribution >= 0.6 is 23.1 Å². The van der Waals surface area contributed by atoms with Crippen molar-refractivity contribution in [1.29, 1.82) is 0 Å². The molecule has 0 spiro atoms. The van der Waals surface area contributed by atoms with Crippen molar-refractivity contribution in [3.8, 4) is 0 Å². The zero-order chi connectivity index (χ0) is 22.2. The highest BCUT2D eigenvalue weighted by molar-refractivity contribution is 7.98. The maximum atomic E-state index is 13.3. The van der Waals surface area contributed by atoms with Crippen molar-refractivity contribution in [2.75, 3.05) is 0 Å². The average molecular weight is 461 g/mol. The van der Waals surface area contributed by atoms with E-state index in [4.69, 9.17) is 4.98 Å². The second kappa shape index (κ2) is 8.37. The van der Waals surface area contributed by atoms with E-state index in [1.165, 1.54) is 28.7 Å². The zero-order valence-corrected chi connectivity index (χ0v) is 19.2. The molecule has 0 saturated carbocycles. The van der Waals surface area contributed by atoms with Crippen LogP contribution in [-0.4, -0.2) is 18.9 Å². The van der Waals surface area contributed by atoms with Crippen molar-refractivity contribution in [2.45, 2.75) is 31.3 Å². The molecule has 6 nitrogen and oxygen atoms in total. The minimum Gasteiger partial charge on any atom is -0.283 e. The Morgan fingerprint density at radius 2 is 1.78 bits per heavy atom. The molecule has 0 fully saturated rings. The second-order valence-corrected chi connectivity index (χ2v) is 9.44. The lowest BCUT2D eigenvalue weighted by molar-refractivity contribution is 0.658. The Hall–Kier alpha value is -3.23. The first-order valence-electron chi connectivity index (χ1n) is 10.1. The van der Waals surface area contributed by atoms with Gasteiger partial charge in [-0.1, -0.05) is 53.7 Å². The molecular formula is C24H20N4O2S2. The van der Waals surface area contributed by atoms with Crippen LogP contribution in [0, 0.1) is 13.8 Å². The fraction of sp³-hybridized carbons (Fsp3) is 0.167. The minimum atomic E-state index is -0.0899. The number of rotatable bonds is 5. The van der Waals surface area contributed by atoms with Gasteiger partial charge < -0.3 is 0 Å². The molecule has 0 radical (unpaired) electrons. The van der Waals surface area contributed by atoms with E-state index in [0.717, 1.165) is 11.3 Å². The highest BCUT2D eigenvalue weighted by Gasteiger charge is 2.14. The molecule has 8 heteroatoms. The first-order chi connectivity index (χ1) is 15.5. The van der Waals surface area contributed by atoms with E-state index in [9.17, 15) is 9.59 Å². The Bertz CT molecular complexity index is 1570. The van der Waals surface area contributed by atoms with E-state index in [-0.39, 0.29) is 11.1 Å². The summed E-state index contributed by atoms with van der Waals surface area (Å²) in [6.45, 7) is 4.36. The lowest BCUT2D eigenvalue weighted by Gasteiger charge is -2.13. The molecule has 0 saturated heterocycles. The lowest BCUT2D eigenvalue weighted by Crippen LogP contribution is -2.24.